The van der Waals surface area contributed by atoms with Crippen LogP contribution in [0.4, 0.5) is 0 Å². The Morgan fingerprint density at radius 1 is 1.33 bits per heavy atom. The van der Waals surface area contributed by atoms with Crippen molar-refractivity contribution in [1.29, 1.82) is 0 Å². The molecule has 0 spiro atoms. The number of ether oxygens (including phenoxy) is 1. The predicted octanol–water partition coefficient (Wildman–Crippen LogP) is 2.73. The van der Waals surface area contributed by atoms with Crippen molar-refractivity contribution in [3.05, 3.63) is 27.8 Å². The SMILES string of the molecule is CNCCc1cc(Cl)c(C)c(OC)c1C. The third-order valence-corrected chi connectivity index (χ3v) is 3.06. The second-order valence-electron chi connectivity index (χ2n) is 3.65. The molecule has 0 saturated heterocycles. The number of hydrogen-bond acceptors (Lipinski definition) is 2. The zero-order valence-electron chi connectivity index (χ0n) is 9.78. The molecule has 0 fully saturated rings. The first-order chi connectivity index (χ1) is 7.11. The predicted molar refractivity (Wildman–Crippen MR) is 65.1 cm³/mol. The topological polar surface area (TPSA) is 21.3 Å². The van der Waals surface area contributed by atoms with Gasteiger partial charge in [0.15, 0.2) is 0 Å². The van der Waals surface area contributed by atoms with Crippen LogP contribution in [0.25, 0.3) is 0 Å². The molecule has 1 rings (SSSR count). The van der Waals surface area contributed by atoms with E-state index in [0.29, 0.717) is 0 Å². The zero-order valence-corrected chi connectivity index (χ0v) is 10.5. The lowest BCUT2D eigenvalue weighted by molar-refractivity contribution is 0.408. The molecule has 0 aromatic heterocycles. The number of nitrogens with one attached hydrogen (secondary N) is 1. The fraction of sp³-hybridized carbons (Fsp3) is 0.500. The lowest BCUT2D eigenvalue weighted by Gasteiger charge is -2.14. The summed E-state index contributed by atoms with van der Waals surface area (Å²) in [5.74, 6) is 0.911. The van der Waals surface area contributed by atoms with Crippen LogP contribution in [0.2, 0.25) is 5.02 Å². The van der Waals surface area contributed by atoms with E-state index in [4.69, 9.17) is 16.3 Å². The van der Waals surface area contributed by atoms with Crippen LogP contribution in [-0.4, -0.2) is 20.7 Å². The van der Waals surface area contributed by atoms with E-state index in [1.165, 1.54) is 11.1 Å². The van der Waals surface area contributed by atoms with Crippen molar-refractivity contribution in [2.45, 2.75) is 20.3 Å². The fourth-order valence-corrected chi connectivity index (χ4v) is 1.95. The van der Waals surface area contributed by atoms with Crippen LogP contribution < -0.4 is 10.1 Å². The van der Waals surface area contributed by atoms with E-state index in [1.807, 2.05) is 20.0 Å². The molecule has 0 radical (unpaired) electrons. The summed E-state index contributed by atoms with van der Waals surface area (Å²) in [5.41, 5.74) is 3.45. The molecule has 0 aliphatic rings. The average Bonchev–Trinajstić information content (AvgIpc) is 2.22. The van der Waals surface area contributed by atoms with Gasteiger partial charge < -0.3 is 10.1 Å². The molecule has 15 heavy (non-hydrogen) atoms. The highest BCUT2D eigenvalue weighted by molar-refractivity contribution is 6.31. The molecule has 0 unspecified atom stereocenters. The van der Waals surface area contributed by atoms with Crippen LogP contribution in [0.5, 0.6) is 5.75 Å². The number of hydrogen-bond donors (Lipinski definition) is 1. The van der Waals surface area contributed by atoms with Crippen LogP contribution in [-0.2, 0) is 6.42 Å². The van der Waals surface area contributed by atoms with Gasteiger partial charge in [-0.3, -0.25) is 0 Å². The third kappa shape index (κ3) is 2.64. The van der Waals surface area contributed by atoms with E-state index in [0.717, 1.165) is 29.3 Å². The van der Waals surface area contributed by atoms with E-state index in [-0.39, 0.29) is 0 Å². The van der Waals surface area contributed by atoms with Gasteiger partial charge in [0.25, 0.3) is 0 Å². The summed E-state index contributed by atoms with van der Waals surface area (Å²) in [7, 11) is 3.63. The molecule has 1 N–H and O–H groups in total. The van der Waals surface area contributed by atoms with Crippen molar-refractivity contribution in [2.24, 2.45) is 0 Å². The van der Waals surface area contributed by atoms with Crippen molar-refractivity contribution in [1.82, 2.24) is 5.32 Å². The molecule has 0 aliphatic heterocycles. The van der Waals surface area contributed by atoms with Crippen molar-refractivity contribution < 1.29 is 4.74 Å². The molecular weight excluding hydrogens is 210 g/mol. The smallest absolute Gasteiger partial charge is 0.126 e. The minimum Gasteiger partial charge on any atom is -0.496 e. The van der Waals surface area contributed by atoms with Crippen LogP contribution in [0.1, 0.15) is 16.7 Å². The van der Waals surface area contributed by atoms with Gasteiger partial charge in [-0.2, -0.15) is 0 Å². The number of likely N-dealkylation sites (N-methyl/N-ethyl adjacent to an activating group) is 1. The van der Waals surface area contributed by atoms with Gasteiger partial charge in [-0.15, -0.1) is 0 Å². The van der Waals surface area contributed by atoms with Gasteiger partial charge in [0.2, 0.25) is 0 Å². The Labute approximate surface area is 96.6 Å². The molecule has 0 aliphatic carbocycles. The van der Waals surface area contributed by atoms with Crippen LogP contribution >= 0.6 is 11.6 Å². The number of methoxy groups -OCH3 is 1. The van der Waals surface area contributed by atoms with Gasteiger partial charge >= 0.3 is 0 Å². The van der Waals surface area contributed by atoms with Crippen LogP contribution in [0, 0.1) is 13.8 Å². The standard InChI is InChI=1S/C12H18ClNO/c1-8-10(5-6-14-3)7-11(13)9(2)12(8)15-4/h7,14H,5-6H2,1-4H3. The van der Waals surface area contributed by atoms with E-state index >= 15 is 0 Å². The Morgan fingerprint density at radius 2 is 2.00 bits per heavy atom. The second-order valence-corrected chi connectivity index (χ2v) is 4.06. The maximum atomic E-state index is 6.15. The van der Waals surface area contributed by atoms with Crippen molar-refractivity contribution in [3.63, 3.8) is 0 Å². The summed E-state index contributed by atoms with van der Waals surface area (Å²) in [6.45, 7) is 5.01. The first kappa shape index (κ1) is 12.3. The maximum Gasteiger partial charge on any atom is 0.126 e. The molecule has 0 amide bonds. The van der Waals surface area contributed by atoms with E-state index < -0.39 is 0 Å². The normalized spacial score (nSPS) is 10.5. The summed E-state index contributed by atoms with van der Waals surface area (Å²) in [4.78, 5) is 0. The van der Waals surface area contributed by atoms with E-state index in [9.17, 15) is 0 Å². The monoisotopic (exact) mass is 227 g/mol. The number of benzene rings is 1. The Kier molecular flexibility index (Phi) is 4.43. The average molecular weight is 228 g/mol. The molecule has 1 aromatic rings. The lowest BCUT2D eigenvalue weighted by atomic mass is 10.0. The van der Waals surface area contributed by atoms with Gasteiger partial charge in [0.05, 0.1) is 7.11 Å². The Bertz CT molecular complexity index is 350. The lowest BCUT2D eigenvalue weighted by Crippen LogP contribution is -2.11. The highest BCUT2D eigenvalue weighted by Crippen LogP contribution is 2.32. The fourth-order valence-electron chi connectivity index (χ4n) is 1.73. The van der Waals surface area contributed by atoms with E-state index in [1.54, 1.807) is 7.11 Å². The van der Waals surface area contributed by atoms with Gasteiger partial charge in [-0.05, 0) is 51.1 Å². The Hall–Kier alpha value is -0.730. The van der Waals surface area contributed by atoms with Crippen LogP contribution in [0.15, 0.2) is 6.07 Å². The summed E-state index contributed by atoms with van der Waals surface area (Å²) < 4.78 is 5.37. The maximum absolute atomic E-state index is 6.15. The van der Waals surface area contributed by atoms with Gasteiger partial charge in [-0.1, -0.05) is 11.6 Å². The highest BCUT2D eigenvalue weighted by atomic mass is 35.5. The number of rotatable bonds is 4. The molecule has 0 atom stereocenters. The zero-order chi connectivity index (χ0) is 11.4. The summed E-state index contributed by atoms with van der Waals surface area (Å²) in [5, 5.41) is 3.91. The molecule has 0 bridgehead atoms. The molecule has 0 heterocycles. The van der Waals surface area contributed by atoms with Crippen molar-refractivity contribution >= 4 is 11.6 Å². The highest BCUT2D eigenvalue weighted by Gasteiger charge is 2.11. The van der Waals surface area contributed by atoms with Crippen molar-refractivity contribution in [2.75, 3.05) is 20.7 Å². The molecule has 84 valence electrons. The quantitative estimate of drug-likeness (QED) is 0.854. The largest absolute Gasteiger partial charge is 0.496 e. The van der Waals surface area contributed by atoms with Gasteiger partial charge in [0, 0.05) is 10.6 Å². The first-order valence-corrected chi connectivity index (χ1v) is 5.46. The van der Waals surface area contributed by atoms with Gasteiger partial charge in [0.1, 0.15) is 5.75 Å². The van der Waals surface area contributed by atoms with E-state index in [2.05, 4.69) is 12.2 Å². The molecule has 0 saturated carbocycles. The van der Waals surface area contributed by atoms with Crippen LogP contribution in [0.3, 0.4) is 0 Å². The molecule has 2 nitrogen and oxygen atoms in total. The Morgan fingerprint density at radius 3 is 2.53 bits per heavy atom. The van der Waals surface area contributed by atoms with Gasteiger partial charge in [-0.25, -0.2) is 0 Å². The summed E-state index contributed by atoms with van der Waals surface area (Å²) in [6.07, 6.45) is 0.971. The summed E-state index contributed by atoms with van der Waals surface area (Å²) in [6, 6.07) is 2.03. The van der Waals surface area contributed by atoms with Crippen molar-refractivity contribution in [3.8, 4) is 5.75 Å². The third-order valence-electron chi connectivity index (χ3n) is 2.67. The minimum absolute atomic E-state index is 0.781. The minimum atomic E-state index is 0.781. The number of halogens is 1. The molecule has 3 heteroatoms. The summed E-state index contributed by atoms with van der Waals surface area (Å²) >= 11 is 6.15. The second kappa shape index (κ2) is 5.38. The molecular formula is C12H18ClNO. The Balaban J connectivity index is 3.12. The first-order valence-electron chi connectivity index (χ1n) is 5.09. The molecule has 1 aromatic carbocycles.